The zero-order valence-corrected chi connectivity index (χ0v) is 17.1. The van der Waals surface area contributed by atoms with Gasteiger partial charge in [-0.05, 0) is 56.8 Å². The van der Waals surface area contributed by atoms with Crippen molar-refractivity contribution in [2.24, 2.45) is 0 Å². The van der Waals surface area contributed by atoms with E-state index in [1.807, 2.05) is 55.4 Å². The van der Waals surface area contributed by atoms with Crippen molar-refractivity contribution in [3.63, 3.8) is 0 Å². The maximum Gasteiger partial charge on any atom is 0.251 e. The molecule has 1 N–H and O–H groups in total. The second-order valence-corrected chi connectivity index (χ2v) is 7.59. The summed E-state index contributed by atoms with van der Waals surface area (Å²) in [6.45, 7) is 1.77. The maximum atomic E-state index is 12.7. The number of ether oxygens (including phenoxy) is 2. The van der Waals surface area contributed by atoms with Crippen LogP contribution < -0.4 is 10.1 Å². The highest BCUT2D eigenvalue weighted by molar-refractivity contribution is 6.31. The van der Waals surface area contributed by atoms with Crippen LogP contribution in [0.3, 0.4) is 0 Å². The zero-order chi connectivity index (χ0) is 19.9. The Morgan fingerprint density at radius 2 is 2.11 bits per heavy atom. The summed E-state index contributed by atoms with van der Waals surface area (Å²) in [5.74, 6) is 0.542. The van der Waals surface area contributed by atoms with Gasteiger partial charge in [-0.15, -0.1) is 0 Å². The van der Waals surface area contributed by atoms with Crippen molar-refractivity contribution in [3.8, 4) is 5.75 Å². The van der Waals surface area contributed by atoms with E-state index in [1.165, 1.54) is 0 Å². The SMILES string of the molecule is CN(C)[C@H](CNC(=O)c1cccc(OC[C@@H]2CCCO2)c1)c1ccccc1Cl. The monoisotopic (exact) mass is 402 g/mol. The second-order valence-electron chi connectivity index (χ2n) is 7.18. The van der Waals surface area contributed by atoms with Gasteiger partial charge in [-0.3, -0.25) is 4.79 Å². The number of amides is 1. The summed E-state index contributed by atoms with van der Waals surface area (Å²) >= 11 is 6.34. The lowest BCUT2D eigenvalue weighted by Crippen LogP contribution is -2.34. The number of benzene rings is 2. The van der Waals surface area contributed by atoms with Crippen molar-refractivity contribution in [2.75, 3.05) is 33.9 Å². The Morgan fingerprint density at radius 1 is 1.29 bits per heavy atom. The first kappa shape index (κ1) is 20.6. The lowest BCUT2D eigenvalue weighted by Gasteiger charge is -2.26. The quantitative estimate of drug-likeness (QED) is 0.726. The van der Waals surface area contributed by atoms with Gasteiger partial charge in [-0.25, -0.2) is 0 Å². The number of halogens is 1. The number of hydrogen-bond acceptors (Lipinski definition) is 4. The first-order chi connectivity index (χ1) is 13.5. The first-order valence-electron chi connectivity index (χ1n) is 9.58. The summed E-state index contributed by atoms with van der Waals surface area (Å²) in [7, 11) is 3.94. The molecule has 2 aromatic rings. The van der Waals surface area contributed by atoms with E-state index < -0.39 is 0 Å². The average Bonchev–Trinajstić information content (AvgIpc) is 3.21. The molecule has 150 valence electrons. The second kappa shape index (κ2) is 9.92. The van der Waals surface area contributed by atoms with Gasteiger partial charge in [0.2, 0.25) is 0 Å². The van der Waals surface area contributed by atoms with Gasteiger partial charge >= 0.3 is 0 Å². The molecule has 0 radical (unpaired) electrons. The highest BCUT2D eigenvalue weighted by Gasteiger charge is 2.19. The fourth-order valence-electron chi connectivity index (χ4n) is 3.30. The predicted octanol–water partition coefficient (Wildman–Crippen LogP) is 3.93. The van der Waals surface area contributed by atoms with Crippen molar-refractivity contribution in [3.05, 3.63) is 64.7 Å². The highest BCUT2D eigenvalue weighted by atomic mass is 35.5. The minimum Gasteiger partial charge on any atom is -0.491 e. The largest absolute Gasteiger partial charge is 0.491 e. The number of hydrogen-bond donors (Lipinski definition) is 1. The van der Waals surface area contributed by atoms with Crippen LogP contribution in [0, 0.1) is 0 Å². The number of carbonyl (C=O) groups is 1. The number of rotatable bonds is 8. The molecular weight excluding hydrogens is 376 g/mol. The molecule has 1 fully saturated rings. The van der Waals surface area contributed by atoms with Crippen molar-refractivity contribution < 1.29 is 14.3 Å². The molecule has 0 spiro atoms. The standard InChI is InChI=1S/C22H27ClN2O3/c1-25(2)21(19-10-3-4-11-20(19)23)14-24-22(26)16-7-5-8-17(13-16)28-15-18-9-6-12-27-18/h3-5,7-8,10-11,13,18,21H,6,9,12,14-15H2,1-2H3,(H,24,26)/t18-,21+/m0/s1. The molecule has 3 rings (SSSR count). The summed E-state index contributed by atoms with van der Waals surface area (Å²) in [6, 6.07) is 14.9. The molecule has 6 heteroatoms. The number of nitrogens with one attached hydrogen (secondary N) is 1. The maximum absolute atomic E-state index is 12.7. The molecule has 5 nitrogen and oxygen atoms in total. The Kier molecular flexibility index (Phi) is 7.31. The van der Waals surface area contributed by atoms with Crippen molar-refractivity contribution >= 4 is 17.5 Å². The van der Waals surface area contributed by atoms with Gasteiger partial charge in [0.1, 0.15) is 12.4 Å². The van der Waals surface area contributed by atoms with Crippen LogP contribution in [0.4, 0.5) is 0 Å². The molecule has 0 aromatic heterocycles. The summed E-state index contributed by atoms with van der Waals surface area (Å²) in [6.07, 6.45) is 2.25. The third-order valence-electron chi connectivity index (χ3n) is 4.90. The highest BCUT2D eigenvalue weighted by Crippen LogP contribution is 2.25. The van der Waals surface area contributed by atoms with E-state index in [0.29, 0.717) is 29.5 Å². The van der Waals surface area contributed by atoms with E-state index in [1.54, 1.807) is 12.1 Å². The van der Waals surface area contributed by atoms with E-state index in [0.717, 1.165) is 25.0 Å². The van der Waals surface area contributed by atoms with E-state index in [4.69, 9.17) is 21.1 Å². The van der Waals surface area contributed by atoms with Crippen LogP contribution in [-0.2, 0) is 4.74 Å². The van der Waals surface area contributed by atoms with E-state index in [-0.39, 0.29) is 18.1 Å². The van der Waals surface area contributed by atoms with Crippen LogP contribution in [-0.4, -0.2) is 50.8 Å². The Labute approximate surface area is 171 Å². The van der Waals surface area contributed by atoms with E-state index in [9.17, 15) is 4.79 Å². The molecule has 2 atom stereocenters. The van der Waals surface area contributed by atoms with E-state index >= 15 is 0 Å². The van der Waals surface area contributed by atoms with Crippen molar-refractivity contribution in [1.29, 1.82) is 0 Å². The van der Waals surface area contributed by atoms with Crippen LogP contribution in [0.5, 0.6) is 5.75 Å². The molecule has 1 heterocycles. The Bertz CT molecular complexity index is 791. The van der Waals surface area contributed by atoms with Crippen LogP contribution >= 0.6 is 11.6 Å². The fourth-order valence-corrected chi connectivity index (χ4v) is 3.56. The summed E-state index contributed by atoms with van der Waals surface area (Å²) in [4.78, 5) is 14.7. The minimum absolute atomic E-state index is 0.0170. The summed E-state index contributed by atoms with van der Waals surface area (Å²) in [5, 5.41) is 3.71. The smallest absolute Gasteiger partial charge is 0.251 e. The predicted molar refractivity (Wildman–Crippen MR) is 111 cm³/mol. The topological polar surface area (TPSA) is 50.8 Å². The third-order valence-corrected chi connectivity index (χ3v) is 5.24. The van der Waals surface area contributed by atoms with Gasteiger partial charge < -0.3 is 19.7 Å². The molecular formula is C22H27ClN2O3. The van der Waals surface area contributed by atoms with Gasteiger partial charge in [0.15, 0.2) is 0 Å². The van der Waals surface area contributed by atoms with Gasteiger partial charge in [0, 0.05) is 23.7 Å². The van der Waals surface area contributed by atoms with Gasteiger partial charge in [-0.1, -0.05) is 35.9 Å². The van der Waals surface area contributed by atoms with Crippen molar-refractivity contribution in [2.45, 2.75) is 25.0 Å². The lowest BCUT2D eigenvalue weighted by molar-refractivity contribution is 0.0679. The Morgan fingerprint density at radius 3 is 2.82 bits per heavy atom. The molecule has 0 bridgehead atoms. The molecule has 0 aliphatic carbocycles. The normalized spacial score (nSPS) is 17.5. The molecule has 1 aliphatic rings. The van der Waals surface area contributed by atoms with E-state index in [2.05, 4.69) is 5.32 Å². The first-order valence-corrected chi connectivity index (χ1v) is 9.96. The molecule has 28 heavy (non-hydrogen) atoms. The molecule has 2 aromatic carbocycles. The zero-order valence-electron chi connectivity index (χ0n) is 16.4. The Hall–Kier alpha value is -2.08. The summed E-state index contributed by atoms with van der Waals surface area (Å²) < 4.78 is 11.4. The lowest BCUT2D eigenvalue weighted by atomic mass is 10.1. The van der Waals surface area contributed by atoms with Crippen LogP contribution in [0.15, 0.2) is 48.5 Å². The summed E-state index contributed by atoms with van der Waals surface area (Å²) in [5.41, 5.74) is 1.56. The fraction of sp³-hybridized carbons (Fsp3) is 0.409. The van der Waals surface area contributed by atoms with Gasteiger partial charge in [-0.2, -0.15) is 0 Å². The van der Waals surface area contributed by atoms with Gasteiger partial charge in [0.25, 0.3) is 5.91 Å². The number of carbonyl (C=O) groups excluding carboxylic acids is 1. The molecule has 1 amide bonds. The van der Waals surface area contributed by atoms with Crippen LogP contribution in [0.25, 0.3) is 0 Å². The molecule has 1 aliphatic heterocycles. The molecule has 0 unspecified atom stereocenters. The average molecular weight is 403 g/mol. The van der Waals surface area contributed by atoms with Crippen LogP contribution in [0.1, 0.15) is 34.8 Å². The van der Waals surface area contributed by atoms with Crippen LogP contribution in [0.2, 0.25) is 5.02 Å². The third kappa shape index (κ3) is 5.47. The number of likely N-dealkylation sites (N-methyl/N-ethyl adjacent to an activating group) is 1. The Balaban J connectivity index is 1.60. The molecule has 0 saturated carbocycles. The van der Waals surface area contributed by atoms with Gasteiger partial charge in [0.05, 0.1) is 12.1 Å². The minimum atomic E-state index is -0.138. The molecule has 1 saturated heterocycles. The van der Waals surface area contributed by atoms with Crippen molar-refractivity contribution in [1.82, 2.24) is 10.2 Å². The number of nitrogens with zero attached hydrogens (tertiary/aromatic N) is 1.